The van der Waals surface area contributed by atoms with Crippen molar-refractivity contribution in [3.63, 3.8) is 0 Å². The van der Waals surface area contributed by atoms with Crippen LogP contribution in [0.3, 0.4) is 0 Å². The van der Waals surface area contributed by atoms with Gasteiger partial charge in [-0.2, -0.15) is 16.7 Å². The third-order valence-electron chi connectivity index (χ3n) is 3.09. The van der Waals surface area contributed by atoms with Crippen molar-refractivity contribution in [1.29, 1.82) is 0 Å². The average molecular weight is 241 g/mol. The van der Waals surface area contributed by atoms with E-state index in [9.17, 15) is 0 Å². The van der Waals surface area contributed by atoms with Gasteiger partial charge in [0.2, 0.25) is 5.89 Å². The van der Waals surface area contributed by atoms with E-state index < -0.39 is 5.54 Å². The van der Waals surface area contributed by atoms with Crippen LogP contribution in [-0.2, 0) is 11.0 Å². The van der Waals surface area contributed by atoms with Gasteiger partial charge < -0.3 is 10.3 Å². The van der Waals surface area contributed by atoms with Gasteiger partial charge in [-0.3, -0.25) is 0 Å². The molecule has 0 amide bonds. The Morgan fingerprint density at radius 2 is 2.19 bits per heavy atom. The molecule has 1 fully saturated rings. The van der Waals surface area contributed by atoms with Crippen molar-refractivity contribution >= 4 is 11.8 Å². The lowest BCUT2D eigenvalue weighted by Gasteiger charge is -2.23. The zero-order valence-corrected chi connectivity index (χ0v) is 11.1. The van der Waals surface area contributed by atoms with E-state index in [0.29, 0.717) is 17.0 Å². The maximum absolute atomic E-state index is 6.37. The van der Waals surface area contributed by atoms with Crippen molar-refractivity contribution < 1.29 is 4.52 Å². The quantitative estimate of drug-likeness (QED) is 0.815. The molecule has 1 aliphatic heterocycles. The molecular weight excluding hydrogens is 222 g/mol. The van der Waals surface area contributed by atoms with Gasteiger partial charge in [-0.1, -0.05) is 32.9 Å². The summed E-state index contributed by atoms with van der Waals surface area (Å²) in [6, 6.07) is 0. The lowest BCUT2D eigenvalue weighted by molar-refractivity contribution is 0.309. The predicted octanol–water partition coefficient (Wildman–Crippen LogP) is 2.05. The number of hydrogen-bond acceptors (Lipinski definition) is 5. The number of rotatable bonds is 1. The molecule has 4 nitrogen and oxygen atoms in total. The van der Waals surface area contributed by atoms with Crippen molar-refractivity contribution in [2.75, 3.05) is 5.75 Å². The molecule has 90 valence electrons. The number of hydrogen-bond donors (Lipinski definition) is 1. The first-order chi connectivity index (χ1) is 7.34. The van der Waals surface area contributed by atoms with Crippen molar-refractivity contribution in [2.24, 2.45) is 5.73 Å². The molecule has 0 saturated carbocycles. The van der Waals surface area contributed by atoms with E-state index >= 15 is 0 Å². The third-order valence-corrected chi connectivity index (χ3v) is 4.45. The van der Waals surface area contributed by atoms with Crippen molar-refractivity contribution in [3.05, 3.63) is 11.7 Å². The normalized spacial score (nSPS) is 30.9. The zero-order chi connectivity index (χ0) is 12.0. The van der Waals surface area contributed by atoms with Gasteiger partial charge in [0.05, 0.1) is 5.54 Å². The summed E-state index contributed by atoms with van der Waals surface area (Å²) in [6.07, 6.45) is 0.919. The largest absolute Gasteiger partial charge is 0.339 e. The predicted molar refractivity (Wildman–Crippen MR) is 65.4 cm³/mol. The first kappa shape index (κ1) is 11.9. The van der Waals surface area contributed by atoms with E-state index in [0.717, 1.165) is 12.2 Å². The Labute approximate surface area is 100 Å². The fourth-order valence-corrected chi connectivity index (χ4v) is 3.10. The number of thioether (sulfide) groups is 1. The summed E-state index contributed by atoms with van der Waals surface area (Å²) < 4.78 is 5.30. The molecule has 2 rings (SSSR count). The molecule has 1 aromatic heterocycles. The SMILES string of the molecule is CC1SCCC1(N)c1noc(C(C)(C)C)n1. The Kier molecular flexibility index (Phi) is 2.78. The Morgan fingerprint density at radius 1 is 1.50 bits per heavy atom. The molecule has 1 aliphatic rings. The minimum Gasteiger partial charge on any atom is -0.339 e. The number of nitrogens with two attached hydrogens (primary N) is 1. The second-order valence-electron chi connectivity index (χ2n) is 5.48. The zero-order valence-electron chi connectivity index (χ0n) is 10.3. The highest BCUT2D eigenvalue weighted by molar-refractivity contribution is 8.00. The van der Waals surface area contributed by atoms with Crippen LogP contribution in [0.1, 0.15) is 45.8 Å². The summed E-state index contributed by atoms with van der Waals surface area (Å²) in [5.41, 5.74) is 5.84. The maximum Gasteiger partial charge on any atom is 0.232 e. The Morgan fingerprint density at radius 3 is 2.62 bits per heavy atom. The molecule has 5 heteroatoms. The summed E-state index contributed by atoms with van der Waals surface area (Å²) >= 11 is 1.87. The Balaban J connectivity index is 2.32. The lowest BCUT2D eigenvalue weighted by atomic mass is 9.92. The van der Waals surface area contributed by atoms with Crippen molar-refractivity contribution in [2.45, 2.75) is 50.3 Å². The van der Waals surface area contributed by atoms with Gasteiger partial charge in [0.1, 0.15) is 0 Å². The summed E-state index contributed by atoms with van der Waals surface area (Å²) in [5, 5.41) is 4.41. The van der Waals surface area contributed by atoms with Crippen molar-refractivity contribution in [3.8, 4) is 0 Å². The molecule has 0 spiro atoms. The molecule has 2 heterocycles. The summed E-state index contributed by atoms with van der Waals surface area (Å²) in [7, 11) is 0. The van der Waals surface area contributed by atoms with Crippen LogP contribution in [0.25, 0.3) is 0 Å². The fraction of sp³-hybridized carbons (Fsp3) is 0.818. The second-order valence-corrected chi connectivity index (χ2v) is 6.93. The van der Waals surface area contributed by atoms with Gasteiger partial charge >= 0.3 is 0 Å². The van der Waals surface area contributed by atoms with Crippen LogP contribution in [0, 0.1) is 0 Å². The van der Waals surface area contributed by atoms with E-state index in [4.69, 9.17) is 10.3 Å². The molecule has 0 bridgehead atoms. The molecule has 2 atom stereocenters. The summed E-state index contributed by atoms with van der Waals surface area (Å²) in [5.74, 6) is 2.39. The first-order valence-electron chi connectivity index (χ1n) is 5.59. The molecule has 0 aromatic carbocycles. The minimum atomic E-state index is -0.419. The molecule has 1 aromatic rings. The Bertz CT molecular complexity index is 385. The number of aromatic nitrogens is 2. The smallest absolute Gasteiger partial charge is 0.232 e. The molecular formula is C11H19N3OS. The first-order valence-corrected chi connectivity index (χ1v) is 6.64. The lowest BCUT2D eigenvalue weighted by Crippen LogP contribution is -2.42. The molecule has 2 N–H and O–H groups in total. The third kappa shape index (κ3) is 1.86. The molecule has 0 aliphatic carbocycles. The van der Waals surface area contributed by atoms with E-state index in [-0.39, 0.29) is 5.41 Å². The van der Waals surface area contributed by atoms with Gasteiger partial charge in [-0.15, -0.1) is 0 Å². The topological polar surface area (TPSA) is 64.9 Å². The van der Waals surface area contributed by atoms with Crippen LogP contribution < -0.4 is 5.73 Å². The highest BCUT2D eigenvalue weighted by Crippen LogP contribution is 2.40. The van der Waals surface area contributed by atoms with Crippen LogP contribution in [0.15, 0.2) is 4.52 Å². The maximum atomic E-state index is 6.37. The van der Waals surface area contributed by atoms with Crippen LogP contribution >= 0.6 is 11.8 Å². The van der Waals surface area contributed by atoms with E-state index in [1.165, 1.54) is 0 Å². The summed E-state index contributed by atoms with van der Waals surface area (Å²) in [6.45, 7) is 8.30. The molecule has 0 radical (unpaired) electrons. The van der Waals surface area contributed by atoms with Gasteiger partial charge in [0, 0.05) is 10.7 Å². The van der Waals surface area contributed by atoms with Crippen LogP contribution in [0.4, 0.5) is 0 Å². The van der Waals surface area contributed by atoms with Crippen LogP contribution in [-0.4, -0.2) is 21.1 Å². The van der Waals surface area contributed by atoms with E-state index in [2.05, 4.69) is 37.8 Å². The minimum absolute atomic E-state index is 0.114. The molecule has 1 saturated heterocycles. The number of nitrogens with zero attached hydrogens (tertiary/aromatic N) is 2. The van der Waals surface area contributed by atoms with Gasteiger partial charge in [0.25, 0.3) is 0 Å². The summed E-state index contributed by atoms with van der Waals surface area (Å²) in [4.78, 5) is 4.47. The fourth-order valence-electron chi connectivity index (χ4n) is 1.77. The Hall–Kier alpha value is -0.550. The van der Waals surface area contributed by atoms with Gasteiger partial charge in [0.15, 0.2) is 5.82 Å². The van der Waals surface area contributed by atoms with Crippen LogP contribution in [0.2, 0.25) is 0 Å². The standard InChI is InChI=1S/C11H19N3OS/c1-7-11(12,5-6-16-7)8-13-9(15-14-8)10(2,3)4/h7H,5-6,12H2,1-4H3. The highest BCUT2D eigenvalue weighted by Gasteiger charge is 2.43. The van der Waals surface area contributed by atoms with Crippen LogP contribution in [0.5, 0.6) is 0 Å². The van der Waals surface area contributed by atoms with Gasteiger partial charge in [-0.05, 0) is 12.2 Å². The van der Waals surface area contributed by atoms with E-state index in [1.54, 1.807) is 0 Å². The van der Waals surface area contributed by atoms with E-state index in [1.807, 2.05) is 11.8 Å². The van der Waals surface area contributed by atoms with Gasteiger partial charge in [-0.25, -0.2) is 0 Å². The molecule has 2 unspecified atom stereocenters. The second kappa shape index (κ2) is 3.74. The monoisotopic (exact) mass is 241 g/mol. The average Bonchev–Trinajstić information content (AvgIpc) is 2.74. The van der Waals surface area contributed by atoms with Crippen molar-refractivity contribution in [1.82, 2.24) is 10.1 Å². The highest BCUT2D eigenvalue weighted by atomic mass is 32.2. The molecule has 16 heavy (non-hydrogen) atoms.